The first-order chi connectivity index (χ1) is 8.13. The van der Waals surface area contributed by atoms with Crippen molar-refractivity contribution < 1.29 is 14.7 Å². The Balaban J connectivity index is 2.54. The third-order valence-corrected chi connectivity index (χ3v) is 2.87. The predicted octanol–water partition coefficient (Wildman–Crippen LogP) is 1.55. The van der Waals surface area contributed by atoms with Crippen LogP contribution in [0.1, 0.15) is 17.3 Å². The van der Waals surface area contributed by atoms with E-state index in [1.54, 1.807) is 24.3 Å². The Labute approximate surface area is 104 Å². The first-order valence-corrected chi connectivity index (χ1v) is 6.23. The Morgan fingerprint density at radius 1 is 1.29 bits per heavy atom. The van der Waals surface area contributed by atoms with Gasteiger partial charge in [0.05, 0.1) is 12.4 Å². The highest BCUT2D eigenvalue weighted by Crippen LogP contribution is 2.12. The van der Waals surface area contributed by atoms with Crippen LogP contribution < -0.4 is 5.32 Å². The molecule has 0 saturated heterocycles. The average Bonchev–Trinajstić information content (AvgIpc) is 2.34. The molecule has 1 aromatic carbocycles. The largest absolute Gasteiger partial charge is 0.395 e. The van der Waals surface area contributed by atoms with E-state index >= 15 is 0 Å². The lowest BCUT2D eigenvalue weighted by Gasteiger charge is -2.05. The molecule has 0 aliphatic carbocycles. The van der Waals surface area contributed by atoms with E-state index in [1.807, 2.05) is 0 Å². The van der Waals surface area contributed by atoms with Crippen molar-refractivity contribution in [2.45, 2.75) is 6.92 Å². The lowest BCUT2D eigenvalue weighted by Crippen LogP contribution is -2.07. The van der Waals surface area contributed by atoms with Gasteiger partial charge in [-0.3, -0.25) is 9.59 Å². The molecule has 0 unspecified atom stereocenters. The summed E-state index contributed by atoms with van der Waals surface area (Å²) in [5.41, 5.74) is 1.45. The molecule has 1 rings (SSSR count). The summed E-state index contributed by atoms with van der Waals surface area (Å²) in [5, 5.41) is 11.6. The third kappa shape index (κ3) is 5.01. The van der Waals surface area contributed by atoms with Gasteiger partial charge < -0.3 is 10.4 Å². The molecule has 5 heteroatoms. The van der Waals surface area contributed by atoms with Crippen LogP contribution in [0.3, 0.4) is 0 Å². The Hall–Kier alpha value is -1.33. The molecule has 1 aromatic rings. The molecule has 0 aromatic heterocycles. The molecule has 4 nitrogen and oxygen atoms in total. The van der Waals surface area contributed by atoms with Crippen LogP contribution in [0.25, 0.3) is 0 Å². The average molecular weight is 253 g/mol. The van der Waals surface area contributed by atoms with E-state index in [0.29, 0.717) is 12.1 Å². The van der Waals surface area contributed by atoms with Crippen LogP contribution in [0.15, 0.2) is 24.3 Å². The predicted molar refractivity (Wildman–Crippen MR) is 69.5 cm³/mol. The molecular formula is C12H15NO3S. The molecule has 0 atom stereocenters. The SMILES string of the molecule is CC(=O)SCC(=O)c1ccc(NCCO)cc1. The standard InChI is InChI=1S/C12H15NO3S/c1-9(15)17-8-12(16)10-2-4-11(5-3-10)13-6-7-14/h2-5,13-14H,6-8H2,1H3. The lowest BCUT2D eigenvalue weighted by atomic mass is 10.1. The highest BCUT2D eigenvalue weighted by atomic mass is 32.2. The summed E-state index contributed by atoms with van der Waals surface area (Å²) in [6.45, 7) is 1.99. The van der Waals surface area contributed by atoms with Gasteiger partial charge in [-0.05, 0) is 24.3 Å². The second kappa shape index (κ2) is 7.09. The van der Waals surface area contributed by atoms with Crippen molar-refractivity contribution in [3.63, 3.8) is 0 Å². The number of carbonyl (C=O) groups is 2. The highest BCUT2D eigenvalue weighted by Gasteiger charge is 2.07. The van der Waals surface area contributed by atoms with E-state index in [4.69, 9.17) is 5.11 Å². The van der Waals surface area contributed by atoms with Gasteiger partial charge >= 0.3 is 0 Å². The lowest BCUT2D eigenvalue weighted by molar-refractivity contribution is -0.109. The van der Waals surface area contributed by atoms with Crippen molar-refractivity contribution in [1.82, 2.24) is 0 Å². The fraction of sp³-hybridized carbons (Fsp3) is 0.333. The number of anilines is 1. The number of carbonyl (C=O) groups excluding carboxylic acids is 2. The maximum absolute atomic E-state index is 11.6. The quantitative estimate of drug-likeness (QED) is 0.753. The summed E-state index contributed by atoms with van der Waals surface area (Å²) in [6.07, 6.45) is 0. The topological polar surface area (TPSA) is 66.4 Å². The van der Waals surface area contributed by atoms with E-state index in [2.05, 4.69) is 5.32 Å². The Bertz CT molecular complexity index is 389. The normalized spacial score (nSPS) is 10.0. The molecule has 17 heavy (non-hydrogen) atoms. The van der Waals surface area contributed by atoms with Crippen LogP contribution >= 0.6 is 11.8 Å². The number of benzene rings is 1. The summed E-state index contributed by atoms with van der Waals surface area (Å²) in [7, 11) is 0. The molecule has 0 heterocycles. The van der Waals surface area contributed by atoms with Crippen LogP contribution in [0.2, 0.25) is 0 Å². The van der Waals surface area contributed by atoms with Gasteiger partial charge in [0.1, 0.15) is 0 Å². The number of rotatable bonds is 6. The maximum atomic E-state index is 11.6. The fourth-order valence-electron chi connectivity index (χ4n) is 1.22. The zero-order valence-corrected chi connectivity index (χ0v) is 10.4. The minimum atomic E-state index is -0.0566. The second-order valence-corrected chi connectivity index (χ2v) is 4.58. The smallest absolute Gasteiger partial charge is 0.186 e. The first-order valence-electron chi connectivity index (χ1n) is 5.25. The number of nitrogens with one attached hydrogen (secondary N) is 1. The number of aliphatic hydroxyl groups excluding tert-OH is 1. The third-order valence-electron chi connectivity index (χ3n) is 2.05. The molecule has 0 amide bonds. The minimum Gasteiger partial charge on any atom is -0.395 e. The molecule has 0 fully saturated rings. The number of ketones is 1. The van der Waals surface area contributed by atoms with Crippen LogP contribution in [0, 0.1) is 0 Å². The molecule has 0 radical (unpaired) electrons. The zero-order valence-electron chi connectivity index (χ0n) is 9.60. The molecular weight excluding hydrogens is 238 g/mol. The first kappa shape index (κ1) is 13.7. The maximum Gasteiger partial charge on any atom is 0.186 e. The van der Waals surface area contributed by atoms with Crippen LogP contribution in [0.4, 0.5) is 5.69 Å². The van der Waals surface area contributed by atoms with Gasteiger partial charge in [-0.2, -0.15) is 0 Å². The van der Waals surface area contributed by atoms with Crippen LogP contribution in [-0.2, 0) is 4.79 Å². The number of hydrogen-bond donors (Lipinski definition) is 2. The number of aliphatic hydroxyl groups is 1. The summed E-state index contributed by atoms with van der Waals surface area (Å²) >= 11 is 1.02. The minimum absolute atomic E-state index is 0.0559. The Morgan fingerprint density at radius 2 is 1.94 bits per heavy atom. The molecule has 0 aliphatic rings. The van der Waals surface area contributed by atoms with Crippen molar-refractivity contribution in [2.24, 2.45) is 0 Å². The zero-order chi connectivity index (χ0) is 12.7. The summed E-state index contributed by atoms with van der Waals surface area (Å²) in [6, 6.07) is 6.98. The van der Waals surface area contributed by atoms with Gasteiger partial charge in [0.15, 0.2) is 10.9 Å². The number of thioether (sulfide) groups is 1. The molecule has 2 N–H and O–H groups in total. The molecule has 0 aliphatic heterocycles. The van der Waals surface area contributed by atoms with Gasteiger partial charge in [0.25, 0.3) is 0 Å². The van der Waals surface area contributed by atoms with Gasteiger partial charge in [-0.25, -0.2) is 0 Å². The van der Waals surface area contributed by atoms with Crippen molar-refractivity contribution >= 4 is 28.3 Å². The van der Waals surface area contributed by atoms with Crippen molar-refractivity contribution in [2.75, 3.05) is 24.2 Å². The Morgan fingerprint density at radius 3 is 2.47 bits per heavy atom. The van der Waals surface area contributed by atoms with E-state index in [-0.39, 0.29) is 23.3 Å². The summed E-state index contributed by atoms with van der Waals surface area (Å²) in [5.74, 6) is 0.123. The fourth-order valence-corrected chi connectivity index (χ4v) is 1.73. The van der Waals surface area contributed by atoms with Crippen LogP contribution in [-0.4, -0.2) is 34.9 Å². The van der Waals surface area contributed by atoms with E-state index in [9.17, 15) is 9.59 Å². The van der Waals surface area contributed by atoms with Gasteiger partial charge in [-0.15, -0.1) is 0 Å². The van der Waals surface area contributed by atoms with E-state index in [0.717, 1.165) is 17.4 Å². The monoisotopic (exact) mass is 253 g/mol. The molecule has 0 saturated carbocycles. The molecule has 0 spiro atoms. The van der Waals surface area contributed by atoms with Crippen molar-refractivity contribution in [3.05, 3.63) is 29.8 Å². The Kier molecular flexibility index (Phi) is 5.72. The van der Waals surface area contributed by atoms with Crippen molar-refractivity contribution in [1.29, 1.82) is 0 Å². The number of hydrogen-bond acceptors (Lipinski definition) is 5. The second-order valence-electron chi connectivity index (χ2n) is 3.43. The van der Waals surface area contributed by atoms with Gasteiger partial charge in [-0.1, -0.05) is 11.8 Å². The molecule has 92 valence electrons. The van der Waals surface area contributed by atoms with E-state index < -0.39 is 0 Å². The highest BCUT2D eigenvalue weighted by molar-refractivity contribution is 8.14. The molecule has 0 bridgehead atoms. The van der Waals surface area contributed by atoms with Gasteiger partial charge in [0, 0.05) is 24.7 Å². The number of Topliss-reactive ketones (excluding diaryl/α,β-unsaturated/α-hetero) is 1. The summed E-state index contributed by atoms with van der Waals surface area (Å²) in [4.78, 5) is 22.4. The van der Waals surface area contributed by atoms with E-state index in [1.165, 1.54) is 6.92 Å². The summed E-state index contributed by atoms with van der Waals surface area (Å²) < 4.78 is 0. The van der Waals surface area contributed by atoms with Crippen molar-refractivity contribution in [3.8, 4) is 0 Å². The van der Waals surface area contributed by atoms with Gasteiger partial charge in [0.2, 0.25) is 0 Å². The van der Waals surface area contributed by atoms with Crippen LogP contribution in [0.5, 0.6) is 0 Å².